The van der Waals surface area contributed by atoms with Crippen LogP contribution < -0.4 is 14.8 Å². The van der Waals surface area contributed by atoms with Gasteiger partial charge in [-0.05, 0) is 72.6 Å². The number of carboxylic acids is 1. The van der Waals surface area contributed by atoms with Crippen molar-refractivity contribution in [2.45, 2.75) is 51.5 Å². The van der Waals surface area contributed by atoms with Crippen LogP contribution in [-0.4, -0.2) is 48.7 Å². The first-order valence-corrected chi connectivity index (χ1v) is 13.6. The van der Waals surface area contributed by atoms with Gasteiger partial charge in [-0.2, -0.15) is 0 Å². The first-order chi connectivity index (χ1) is 19.8. The molecule has 2 N–H and O–H groups in total. The molecule has 0 aromatic heterocycles. The van der Waals surface area contributed by atoms with Crippen LogP contribution in [0, 0.1) is 0 Å². The summed E-state index contributed by atoms with van der Waals surface area (Å²) in [6, 6.07) is 17.6. The van der Waals surface area contributed by atoms with Crippen LogP contribution in [0.1, 0.15) is 75.7 Å². The maximum atomic E-state index is 12.6. The zero-order valence-corrected chi connectivity index (χ0v) is 23.3. The van der Waals surface area contributed by atoms with Gasteiger partial charge in [0.05, 0.1) is 24.8 Å². The zero-order chi connectivity index (χ0) is 29.6. The van der Waals surface area contributed by atoms with E-state index in [0.717, 1.165) is 12.8 Å². The molecule has 0 fully saturated rings. The van der Waals surface area contributed by atoms with E-state index in [-0.39, 0.29) is 17.5 Å². The number of methoxy groups -OCH3 is 1. The van der Waals surface area contributed by atoms with Crippen molar-refractivity contribution in [3.63, 3.8) is 0 Å². The van der Waals surface area contributed by atoms with Crippen molar-refractivity contribution in [3.05, 3.63) is 95.1 Å². The molecule has 0 saturated carbocycles. The normalized spacial score (nSPS) is 11.3. The maximum Gasteiger partial charge on any atom is 0.343 e. The van der Waals surface area contributed by atoms with Crippen LogP contribution in [0.3, 0.4) is 0 Å². The van der Waals surface area contributed by atoms with Crippen LogP contribution in [-0.2, 0) is 16.0 Å². The number of carboxylic acid groups (broad SMARTS) is 1. The summed E-state index contributed by atoms with van der Waals surface area (Å²) >= 11 is 0. The molecule has 0 radical (unpaired) electrons. The fourth-order valence-corrected chi connectivity index (χ4v) is 4.00. The van der Waals surface area contributed by atoms with E-state index in [1.807, 2.05) is 0 Å². The number of carbonyl (C=O) groups is 4. The van der Waals surface area contributed by atoms with Gasteiger partial charge in [-0.25, -0.2) is 14.4 Å². The lowest BCUT2D eigenvalue weighted by atomic mass is 10.0. The van der Waals surface area contributed by atoms with Gasteiger partial charge >= 0.3 is 17.9 Å². The number of benzene rings is 3. The third-order valence-electron chi connectivity index (χ3n) is 6.35. The number of hydrogen-bond donors (Lipinski definition) is 2. The van der Waals surface area contributed by atoms with Crippen LogP contribution in [0.15, 0.2) is 72.8 Å². The van der Waals surface area contributed by atoms with Gasteiger partial charge in [0.15, 0.2) is 0 Å². The van der Waals surface area contributed by atoms with Crippen LogP contribution in [0.4, 0.5) is 0 Å². The van der Waals surface area contributed by atoms with Gasteiger partial charge in [0.2, 0.25) is 0 Å². The highest BCUT2D eigenvalue weighted by molar-refractivity contribution is 5.98. The number of rotatable bonds is 15. The smallest absolute Gasteiger partial charge is 0.343 e. The Morgan fingerprint density at radius 3 is 1.90 bits per heavy atom. The number of nitrogens with one attached hydrogen (secondary N) is 1. The SMILES string of the molecule is CCCCCCCOc1ccc(C(=O)Oc2ccc(CC(NC(=O)c3ccc(C(=O)OC)cc3)C(=O)O)cc2)cc1. The van der Waals surface area contributed by atoms with Crippen LogP contribution >= 0.6 is 0 Å². The number of esters is 2. The van der Waals surface area contributed by atoms with Gasteiger partial charge in [0.25, 0.3) is 5.91 Å². The van der Waals surface area contributed by atoms with Gasteiger partial charge in [-0.3, -0.25) is 4.79 Å². The first kappa shape index (κ1) is 30.9. The third kappa shape index (κ3) is 9.79. The van der Waals surface area contributed by atoms with Gasteiger partial charge in [0.1, 0.15) is 17.5 Å². The zero-order valence-electron chi connectivity index (χ0n) is 23.3. The molecule has 0 saturated heterocycles. The topological polar surface area (TPSA) is 128 Å². The van der Waals surface area contributed by atoms with Crippen molar-refractivity contribution in [1.29, 1.82) is 0 Å². The Kier molecular flexibility index (Phi) is 11.9. The molecule has 1 atom stereocenters. The number of amides is 1. The summed E-state index contributed by atoms with van der Waals surface area (Å²) in [5.74, 6) is -1.88. The summed E-state index contributed by atoms with van der Waals surface area (Å²) < 4.78 is 15.8. The van der Waals surface area contributed by atoms with Crippen molar-refractivity contribution in [2.75, 3.05) is 13.7 Å². The number of carbonyl (C=O) groups excluding carboxylic acids is 3. The standard InChI is InChI=1S/C32H35NO8/c1-3-4-5-6-7-20-40-26-18-14-25(15-19-26)32(38)41-27-16-8-22(9-17-27)21-28(30(35)36)33-29(34)23-10-12-24(13-11-23)31(37)39-2/h8-19,28H,3-7,20-21H2,1-2H3,(H,33,34)(H,35,36). The van der Waals surface area contributed by atoms with E-state index in [4.69, 9.17) is 9.47 Å². The molecular weight excluding hydrogens is 526 g/mol. The van der Waals surface area contributed by atoms with Crippen LogP contribution in [0.5, 0.6) is 11.5 Å². The summed E-state index contributed by atoms with van der Waals surface area (Å²) in [6.45, 7) is 2.81. The number of unbranched alkanes of at least 4 members (excludes halogenated alkanes) is 4. The molecule has 41 heavy (non-hydrogen) atoms. The summed E-state index contributed by atoms with van der Waals surface area (Å²) in [5.41, 5.74) is 1.47. The molecule has 0 heterocycles. The molecule has 1 amide bonds. The highest BCUT2D eigenvalue weighted by atomic mass is 16.5. The van der Waals surface area contributed by atoms with Crippen molar-refractivity contribution in [1.82, 2.24) is 5.32 Å². The molecule has 216 valence electrons. The monoisotopic (exact) mass is 561 g/mol. The summed E-state index contributed by atoms with van der Waals surface area (Å²) in [7, 11) is 1.25. The number of aliphatic carboxylic acids is 1. The second kappa shape index (κ2) is 15.8. The highest BCUT2D eigenvalue weighted by Crippen LogP contribution is 2.18. The van der Waals surface area contributed by atoms with Crippen LogP contribution in [0.25, 0.3) is 0 Å². The second-order valence-electron chi connectivity index (χ2n) is 9.46. The van der Waals surface area contributed by atoms with Crippen molar-refractivity contribution >= 4 is 23.8 Å². The Morgan fingerprint density at radius 1 is 0.732 bits per heavy atom. The predicted molar refractivity (Wildman–Crippen MR) is 152 cm³/mol. The van der Waals surface area contributed by atoms with Gasteiger partial charge in [0, 0.05) is 12.0 Å². The summed E-state index contributed by atoms with van der Waals surface area (Å²) in [5, 5.41) is 12.1. The minimum Gasteiger partial charge on any atom is -0.494 e. The lowest BCUT2D eigenvalue weighted by molar-refractivity contribution is -0.139. The molecule has 9 heteroatoms. The molecule has 0 aliphatic rings. The molecule has 3 rings (SSSR count). The molecule has 0 spiro atoms. The largest absolute Gasteiger partial charge is 0.494 e. The molecule has 3 aromatic carbocycles. The highest BCUT2D eigenvalue weighted by Gasteiger charge is 2.22. The van der Waals surface area contributed by atoms with E-state index >= 15 is 0 Å². The fourth-order valence-electron chi connectivity index (χ4n) is 4.00. The van der Waals surface area contributed by atoms with E-state index in [1.165, 1.54) is 50.6 Å². The van der Waals surface area contributed by atoms with E-state index in [9.17, 15) is 24.3 Å². The van der Waals surface area contributed by atoms with Gasteiger partial charge in [-0.1, -0.05) is 44.7 Å². The Bertz CT molecular complexity index is 1300. The quantitative estimate of drug-likeness (QED) is 0.142. The number of ether oxygens (including phenoxy) is 3. The molecular formula is C32H35NO8. The van der Waals surface area contributed by atoms with E-state index < -0.39 is 29.9 Å². The second-order valence-corrected chi connectivity index (χ2v) is 9.46. The number of hydrogen-bond acceptors (Lipinski definition) is 7. The lowest BCUT2D eigenvalue weighted by Crippen LogP contribution is -2.42. The van der Waals surface area contributed by atoms with E-state index in [1.54, 1.807) is 48.5 Å². The van der Waals surface area contributed by atoms with E-state index in [2.05, 4.69) is 17.0 Å². The fraction of sp³-hybridized carbons (Fsp3) is 0.312. The third-order valence-corrected chi connectivity index (χ3v) is 6.35. The first-order valence-electron chi connectivity index (χ1n) is 13.6. The Morgan fingerprint density at radius 2 is 1.29 bits per heavy atom. The Labute approximate surface area is 239 Å². The minimum atomic E-state index is -1.20. The molecule has 0 bridgehead atoms. The molecule has 9 nitrogen and oxygen atoms in total. The molecule has 3 aromatic rings. The molecule has 0 aliphatic heterocycles. The minimum absolute atomic E-state index is 0.00953. The molecule has 1 unspecified atom stereocenters. The Hall–Kier alpha value is -4.66. The Balaban J connectivity index is 1.51. The van der Waals surface area contributed by atoms with E-state index in [0.29, 0.717) is 29.2 Å². The van der Waals surface area contributed by atoms with Gasteiger partial charge < -0.3 is 24.6 Å². The summed E-state index contributed by atoms with van der Waals surface area (Å²) in [4.78, 5) is 48.5. The van der Waals surface area contributed by atoms with Crippen molar-refractivity contribution < 1.29 is 38.5 Å². The average Bonchev–Trinajstić information content (AvgIpc) is 2.99. The maximum absolute atomic E-state index is 12.6. The van der Waals surface area contributed by atoms with Crippen molar-refractivity contribution in [3.8, 4) is 11.5 Å². The molecule has 0 aliphatic carbocycles. The average molecular weight is 562 g/mol. The predicted octanol–water partition coefficient (Wildman–Crippen LogP) is 5.47. The lowest BCUT2D eigenvalue weighted by Gasteiger charge is -2.15. The van der Waals surface area contributed by atoms with Gasteiger partial charge in [-0.15, -0.1) is 0 Å². The van der Waals surface area contributed by atoms with Crippen molar-refractivity contribution in [2.24, 2.45) is 0 Å². The summed E-state index contributed by atoms with van der Waals surface area (Å²) in [6.07, 6.45) is 5.78. The van der Waals surface area contributed by atoms with Crippen LogP contribution in [0.2, 0.25) is 0 Å².